The van der Waals surface area contributed by atoms with Crippen LogP contribution in [0.1, 0.15) is 11.1 Å². The summed E-state index contributed by atoms with van der Waals surface area (Å²) >= 11 is 0. The van der Waals surface area contributed by atoms with E-state index in [1.54, 1.807) is 6.20 Å². The van der Waals surface area contributed by atoms with Gasteiger partial charge in [-0.3, -0.25) is 0 Å². The van der Waals surface area contributed by atoms with E-state index < -0.39 is 11.6 Å². The number of hydrazine groups is 1. The zero-order valence-corrected chi connectivity index (χ0v) is 15.1. The maximum absolute atomic E-state index is 13.3. The van der Waals surface area contributed by atoms with Gasteiger partial charge in [0, 0.05) is 35.8 Å². The number of aromatic nitrogens is 4. The molecular formula is C20H15F2N7. The van der Waals surface area contributed by atoms with Gasteiger partial charge in [-0.05, 0) is 29.8 Å². The number of halogens is 2. The first-order valence-electron chi connectivity index (χ1n) is 8.95. The van der Waals surface area contributed by atoms with Crippen molar-refractivity contribution in [2.45, 2.75) is 13.1 Å². The summed E-state index contributed by atoms with van der Waals surface area (Å²) in [7, 11) is 0. The lowest BCUT2D eigenvalue weighted by molar-refractivity contribution is 0.507. The Morgan fingerprint density at radius 3 is 2.83 bits per heavy atom. The lowest BCUT2D eigenvalue weighted by Gasteiger charge is -2.08. The van der Waals surface area contributed by atoms with E-state index in [0.717, 1.165) is 45.7 Å². The van der Waals surface area contributed by atoms with Crippen LogP contribution in [0.2, 0.25) is 0 Å². The number of hydrogen-bond donors (Lipinski definition) is 3. The van der Waals surface area contributed by atoms with Crippen LogP contribution in [-0.2, 0) is 13.1 Å². The molecule has 0 aliphatic carbocycles. The van der Waals surface area contributed by atoms with Crippen LogP contribution in [-0.4, -0.2) is 19.9 Å². The van der Waals surface area contributed by atoms with Gasteiger partial charge in [0.2, 0.25) is 5.95 Å². The van der Waals surface area contributed by atoms with Crippen LogP contribution in [0.5, 0.6) is 0 Å². The summed E-state index contributed by atoms with van der Waals surface area (Å²) in [5.74, 6) is -0.556. The molecule has 3 heterocycles. The van der Waals surface area contributed by atoms with Crippen molar-refractivity contribution in [3.8, 4) is 11.3 Å². The van der Waals surface area contributed by atoms with E-state index >= 15 is 0 Å². The molecule has 1 aliphatic heterocycles. The Balaban J connectivity index is 1.40. The van der Waals surface area contributed by atoms with Crippen molar-refractivity contribution in [1.29, 1.82) is 0 Å². The standard InChI is InChI=1S/C20H15F2N7/c21-15-3-1-11(5-16(15)22)7-23-20-24-8-13-6-12(2-4-17(13)28-20)18-14-9-27-29-19(14)26-10-25-18/h1-6,8,10,27H,7,9H2,(H,23,24,28)(H,25,26,29). The van der Waals surface area contributed by atoms with E-state index in [1.165, 1.54) is 12.4 Å². The summed E-state index contributed by atoms with van der Waals surface area (Å²) in [6.07, 6.45) is 3.25. The van der Waals surface area contributed by atoms with E-state index in [2.05, 4.69) is 36.1 Å². The minimum Gasteiger partial charge on any atom is -0.350 e. The molecule has 0 radical (unpaired) electrons. The Hall–Kier alpha value is -3.72. The van der Waals surface area contributed by atoms with Crippen molar-refractivity contribution >= 4 is 22.7 Å². The van der Waals surface area contributed by atoms with Gasteiger partial charge in [-0.1, -0.05) is 12.1 Å². The summed E-state index contributed by atoms with van der Waals surface area (Å²) in [6.45, 7) is 0.931. The Kier molecular flexibility index (Phi) is 4.21. The van der Waals surface area contributed by atoms with Crippen LogP contribution >= 0.6 is 0 Å². The minimum atomic E-state index is -0.877. The van der Waals surface area contributed by atoms with Gasteiger partial charge in [-0.25, -0.2) is 34.1 Å². The van der Waals surface area contributed by atoms with Crippen LogP contribution in [0.25, 0.3) is 22.2 Å². The molecule has 0 atom stereocenters. The minimum absolute atomic E-state index is 0.286. The van der Waals surface area contributed by atoms with Gasteiger partial charge in [0.25, 0.3) is 0 Å². The molecule has 9 heteroatoms. The third-order valence-corrected chi connectivity index (χ3v) is 4.71. The zero-order chi connectivity index (χ0) is 19.8. The Morgan fingerprint density at radius 1 is 1.00 bits per heavy atom. The van der Waals surface area contributed by atoms with E-state index in [1.807, 2.05) is 18.2 Å². The van der Waals surface area contributed by atoms with E-state index in [9.17, 15) is 8.78 Å². The van der Waals surface area contributed by atoms with Gasteiger partial charge in [0.1, 0.15) is 12.1 Å². The van der Waals surface area contributed by atoms with Crippen LogP contribution in [0.15, 0.2) is 48.9 Å². The zero-order valence-electron chi connectivity index (χ0n) is 15.1. The molecule has 0 bridgehead atoms. The Bertz CT molecular complexity index is 1230. The first kappa shape index (κ1) is 17.4. The summed E-state index contributed by atoms with van der Waals surface area (Å²) in [5, 5.41) is 3.90. The van der Waals surface area contributed by atoms with E-state index in [4.69, 9.17) is 0 Å². The molecule has 2 aromatic heterocycles. The van der Waals surface area contributed by atoms with Crippen LogP contribution in [0, 0.1) is 11.6 Å². The number of nitrogens with zero attached hydrogens (tertiary/aromatic N) is 4. The van der Waals surface area contributed by atoms with Gasteiger partial charge in [-0.15, -0.1) is 0 Å². The highest BCUT2D eigenvalue weighted by Crippen LogP contribution is 2.29. The summed E-state index contributed by atoms with van der Waals surface area (Å²) < 4.78 is 26.4. The Morgan fingerprint density at radius 2 is 1.93 bits per heavy atom. The normalized spacial score (nSPS) is 12.6. The van der Waals surface area contributed by atoms with Gasteiger partial charge in [-0.2, -0.15) is 0 Å². The molecule has 0 spiro atoms. The second kappa shape index (κ2) is 7.02. The van der Waals surface area contributed by atoms with Crippen LogP contribution in [0.4, 0.5) is 20.5 Å². The third-order valence-electron chi connectivity index (χ3n) is 4.71. The lowest BCUT2D eigenvalue weighted by atomic mass is 10.0. The smallest absolute Gasteiger partial charge is 0.223 e. The number of nitrogens with one attached hydrogen (secondary N) is 3. The van der Waals surface area contributed by atoms with Gasteiger partial charge in [0.05, 0.1) is 11.2 Å². The topological polar surface area (TPSA) is 87.7 Å². The molecule has 3 N–H and O–H groups in total. The Labute approximate surface area is 164 Å². The highest BCUT2D eigenvalue weighted by atomic mass is 19.2. The van der Waals surface area contributed by atoms with Crippen molar-refractivity contribution in [3.05, 3.63) is 71.7 Å². The molecule has 5 rings (SSSR count). The molecule has 29 heavy (non-hydrogen) atoms. The van der Waals surface area contributed by atoms with Crippen molar-refractivity contribution in [1.82, 2.24) is 25.4 Å². The monoisotopic (exact) mass is 391 g/mol. The molecular weight excluding hydrogens is 376 g/mol. The van der Waals surface area contributed by atoms with Crippen molar-refractivity contribution in [3.63, 3.8) is 0 Å². The average molecular weight is 391 g/mol. The molecule has 0 saturated heterocycles. The number of fused-ring (bicyclic) bond motifs is 2. The predicted molar refractivity (Wildman–Crippen MR) is 105 cm³/mol. The highest BCUT2D eigenvalue weighted by Gasteiger charge is 2.17. The second-order valence-electron chi connectivity index (χ2n) is 6.60. The maximum atomic E-state index is 13.3. The molecule has 4 aromatic rings. The van der Waals surface area contributed by atoms with Gasteiger partial charge in [0.15, 0.2) is 11.6 Å². The quantitative estimate of drug-likeness (QED) is 0.491. The molecule has 2 aromatic carbocycles. The molecule has 0 saturated carbocycles. The van der Waals surface area contributed by atoms with Gasteiger partial charge >= 0.3 is 0 Å². The largest absolute Gasteiger partial charge is 0.350 e. The highest BCUT2D eigenvalue weighted by molar-refractivity contribution is 5.85. The summed E-state index contributed by atoms with van der Waals surface area (Å²) in [5.41, 5.74) is 10.2. The first-order valence-corrected chi connectivity index (χ1v) is 8.95. The third kappa shape index (κ3) is 3.32. The molecule has 144 valence electrons. The van der Waals surface area contributed by atoms with Crippen molar-refractivity contribution < 1.29 is 8.78 Å². The number of benzene rings is 2. The molecule has 7 nitrogen and oxygen atoms in total. The predicted octanol–water partition coefficient (Wildman–Crippen LogP) is 3.41. The van der Waals surface area contributed by atoms with Crippen molar-refractivity contribution in [2.24, 2.45) is 0 Å². The molecule has 0 unspecified atom stereocenters. The molecule has 0 fully saturated rings. The van der Waals surface area contributed by atoms with Gasteiger partial charge < -0.3 is 10.7 Å². The SMILES string of the molecule is Fc1ccc(CNc2ncc3cc(-c4ncnc5c4CNN5)ccc3n2)cc1F. The molecule has 0 amide bonds. The molecule has 1 aliphatic rings. The maximum Gasteiger partial charge on any atom is 0.223 e. The van der Waals surface area contributed by atoms with Crippen molar-refractivity contribution in [2.75, 3.05) is 10.7 Å². The summed E-state index contributed by atoms with van der Waals surface area (Å²) in [4.78, 5) is 17.4. The summed E-state index contributed by atoms with van der Waals surface area (Å²) in [6, 6.07) is 9.61. The second-order valence-corrected chi connectivity index (χ2v) is 6.60. The number of anilines is 2. The fraction of sp³-hybridized carbons (Fsp3) is 0.100. The van der Waals surface area contributed by atoms with E-state index in [-0.39, 0.29) is 6.54 Å². The fourth-order valence-electron chi connectivity index (χ4n) is 3.25. The number of rotatable bonds is 4. The lowest BCUT2D eigenvalue weighted by Crippen LogP contribution is -2.11. The average Bonchev–Trinajstić information content (AvgIpc) is 3.23. The number of hydrogen-bond acceptors (Lipinski definition) is 7. The fourth-order valence-corrected chi connectivity index (χ4v) is 3.25. The first-order chi connectivity index (χ1) is 14.2. The van der Waals surface area contributed by atoms with Crippen LogP contribution in [0.3, 0.4) is 0 Å². The van der Waals surface area contributed by atoms with E-state index in [0.29, 0.717) is 18.1 Å². The van der Waals surface area contributed by atoms with Crippen LogP contribution < -0.4 is 16.2 Å².